The fourth-order valence-corrected chi connectivity index (χ4v) is 3.11. The molecule has 1 aromatic carbocycles. The van der Waals surface area contributed by atoms with Crippen LogP contribution >= 0.6 is 0 Å². The van der Waals surface area contributed by atoms with Crippen molar-refractivity contribution in [2.75, 3.05) is 19.6 Å². The number of carbonyl (C=O) groups is 1. The van der Waals surface area contributed by atoms with Crippen molar-refractivity contribution in [2.45, 2.75) is 46.1 Å². The third-order valence-electron chi connectivity index (χ3n) is 4.63. The molecule has 1 heterocycles. The SMILES string of the molecule is CCc1ccc(C2CNCCN2C(=O)C(CC)CC)cc1. The number of nitrogens with one attached hydrogen (secondary N) is 1. The Hall–Kier alpha value is -1.35. The van der Waals surface area contributed by atoms with Gasteiger partial charge in [-0.3, -0.25) is 4.79 Å². The topological polar surface area (TPSA) is 32.3 Å². The average molecular weight is 288 g/mol. The maximum absolute atomic E-state index is 12.8. The van der Waals surface area contributed by atoms with E-state index >= 15 is 0 Å². The van der Waals surface area contributed by atoms with E-state index in [1.54, 1.807) is 0 Å². The van der Waals surface area contributed by atoms with E-state index in [9.17, 15) is 4.79 Å². The minimum absolute atomic E-state index is 0.167. The van der Waals surface area contributed by atoms with Crippen LogP contribution in [0.25, 0.3) is 0 Å². The van der Waals surface area contributed by atoms with Gasteiger partial charge in [-0.15, -0.1) is 0 Å². The van der Waals surface area contributed by atoms with Crippen molar-refractivity contribution in [3.05, 3.63) is 35.4 Å². The van der Waals surface area contributed by atoms with Gasteiger partial charge in [0.25, 0.3) is 0 Å². The van der Waals surface area contributed by atoms with Crippen molar-refractivity contribution in [1.29, 1.82) is 0 Å². The first kappa shape index (κ1) is 16.0. The van der Waals surface area contributed by atoms with Crippen LogP contribution in [0.2, 0.25) is 0 Å². The average Bonchev–Trinajstić information content (AvgIpc) is 2.56. The lowest BCUT2D eigenvalue weighted by molar-refractivity contribution is -0.139. The van der Waals surface area contributed by atoms with Gasteiger partial charge < -0.3 is 10.2 Å². The molecule has 116 valence electrons. The molecule has 1 unspecified atom stereocenters. The maximum Gasteiger partial charge on any atom is 0.226 e. The molecule has 2 rings (SSSR count). The van der Waals surface area contributed by atoms with Crippen molar-refractivity contribution < 1.29 is 4.79 Å². The molecule has 1 amide bonds. The van der Waals surface area contributed by atoms with E-state index in [0.29, 0.717) is 5.91 Å². The molecule has 21 heavy (non-hydrogen) atoms. The molecule has 1 atom stereocenters. The Morgan fingerprint density at radius 2 is 1.90 bits per heavy atom. The first-order valence-corrected chi connectivity index (χ1v) is 8.31. The number of nitrogens with zero attached hydrogens (tertiary/aromatic N) is 1. The summed E-state index contributed by atoms with van der Waals surface area (Å²) >= 11 is 0. The van der Waals surface area contributed by atoms with E-state index < -0.39 is 0 Å². The molecule has 1 aliphatic rings. The van der Waals surface area contributed by atoms with Gasteiger partial charge in [-0.25, -0.2) is 0 Å². The monoisotopic (exact) mass is 288 g/mol. The molecule has 3 heteroatoms. The summed E-state index contributed by atoms with van der Waals surface area (Å²) < 4.78 is 0. The number of hydrogen-bond donors (Lipinski definition) is 1. The summed E-state index contributed by atoms with van der Waals surface area (Å²) in [5.41, 5.74) is 2.60. The van der Waals surface area contributed by atoms with Gasteiger partial charge >= 0.3 is 0 Å². The second-order valence-corrected chi connectivity index (χ2v) is 5.86. The lowest BCUT2D eigenvalue weighted by Gasteiger charge is -2.38. The van der Waals surface area contributed by atoms with Crippen LogP contribution in [0.15, 0.2) is 24.3 Å². The summed E-state index contributed by atoms with van der Waals surface area (Å²) in [7, 11) is 0. The summed E-state index contributed by atoms with van der Waals surface area (Å²) in [6.45, 7) is 8.96. The maximum atomic E-state index is 12.8. The van der Waals surface area contributed by atoms with E-state index in [4.69, 9.17) is 0 Å². The predicted molar refractivity (Wildman–Crippen MR) is 87.2 cm³/mol. The number of amides is 1. The Bertz CT molecular complexity index is 451. The Morgan fingerprint density at radius 1 is 1.24 bits per heavy atom. The van der Waals surface area contributed by atoms with Crippen molar-refractivity contribution >= 4 is 5.91 Å². The molecular formula is C18H28N2O. The third kappa shape index (κ3) is 3.65. The molecule has 0 radical (unpaired) electrons. The number of benzene rings is 1. The Labute approximate surface area is 128 Å². The molecule has 1 saturated heterocycles. The van der Waals surface area contributed by atoms with Crippen LogP contribution in [0.4, 0.5) is 0 Å². The van der Waals surface area contributed by atoms with Crippen molar-refractivity contribution in [3.63, 3.8) is 0 Å². The zero-order valence-electron chi connectivity index (χ0n) is 13.6. The number of aryl methyl sites for hydroxylation is 1. The minimum Gasteiger partial charge on any atom is -0.333 e. The Balaban J connectivity index is 2.19. The Kier molecular flexibility index (Phi) is 5.80. The highest BCUT2D eigenvalue weighted by molar-refractivity contribution is 5.79. The predicted octanol–water partition coefficient (Wildman–Crippen LogP) is 3.16. The van der Waals surface area contributed by atoms with Gasteiger partial charge in [0, 0.05) is 25.6 Å². The van der Waals surface area contributed by atoms with Gasteiger partial charge in [0.2, 0.25) is 5.91 Å². The summed E-state index contributed by atoms with van der Waals surface area (Å²) in [5, 5.41) is 3.43. The molecule has 1 aromatic rings. The molecular weight excluding hydrogens is 260 g/mol. The van der Waals surface area contributed by atoms with Gasteiger partial charge in [0.1, 0.15) is 0 Å². The molecule has 0 bridgehead atoms. The number of carbonyl (C=O) groups excluding carboxylic acids is 1. The Morgan fingerprint density at radius 3 is 2.48 bits per heavy atom. The van der Waals surface area contributed by atoms with E-state index in [1.807, 2.05) is 0 Å². The van der Waals surface area contributed by atoms with E-state index in [2.05, 4.69) is 55.3 Å². The lowest BCUT2D eigenvalue weighted by Crippen LogP contribution is -2.50. The van der Waals surface area contributed by atoms with Crippen LogP contribution < -0.4 is 5.32 Å². The van der Waals surface area contributed by atoms with Crippen LogP contribution in [0, 0.1) is 5.92 Å². The molecule has 0 aliphatic carbocycles. The van der Waals surface area contributed by atoms with E-state index in [-0.39, 0.29) is 12.0 Å². The normalized spacial score (nSPS) is 19.0. The summed E-state index contributed by atoms with van der Waals surface area (Å²) in [5.74, 6) is 0.492. The van der Waals surface area contributed by atoms with Gasteiger partial charge in [-0.05, 0) is 30.4 Å². The van der Waals surface area contributed by atoms with Gasteiger partial charge in [-0.1, -0.05) is 45.0 Å². The van der Waals surface area contributed by atoms with E-state index in [0.717, 1.165) is 38.9 Å². The smallest absolute Gasteiger partial charge is 0.226 e. The highest BCUT2D eigenvalue weighted by Gasteiger charge is 2.30. The van der Waals surface area contributed by atoms with Crippen molar-refractivity contribution in [2.24, 2.45) is 5.92 Å². The minimum atomic E-state index is 0.167. The summed E-state index contributed by atoms with van der Waals surface area (Å²) in [4.78, 5) is 14.9. The fraction of sp³-hybridized carbons (Fsp3) is 0.611. The zero-order valence-corrected chi connectivity index (χ0v) is 13.6. The number of piperazine rings is 1. The lowest BCUT2D eigenvalue weighted by atomic mass is 9.96. The standard InChI is InChI=1S/C18H28N2O/c1-4-14-7-9-16(10-8-14)17-13-19-11-12-20(17)18(21)15(5-2)6-3/h7-10,15,17,19H,4-6,11-13H2,1-3H3. The first-order valence-electron chi connectivity index (χ1n) is 8.31. The molecule has 0 aromatic heterocycles. The van der Waals surface area contributed by atoms with Crippen LogP contribution in [0.1, 0.15) is 50.8 Å². The molecule has 1 N–H and O–H groups in total. The largest absolute Gasteiger partial charge is 0.333 e. The van der Waals surface area contributed by atoms with Crippen molar-refractivity contribution in [1.82, 2.24) is 10.2 Å². The van der Waals surface area contributed by atoms with Crippen LogP contribution in [-0.4, -0.2) is 30.4 Å². The van der Waals surface area contributed by atoms with Crippen LogP contribution in [0.3, 0.4) is 0 Å². The van der Waals surface area contributed by atoms with Crippen LogP contribution in [-0.2, 0) is 11.2 Å². The second-order valence-electron chi connectivity index (χ2n) is 5.86. The van der Waals surface area contributed by atoms with Crippen LogP contribution in [0.5, 0.6) is 0 Å². The van der Waals surface area contributed by atoms with E-state index in [1.165, 1.54) is 11.1 Å². The highest BCUT2D eigenvalue weighted by Crippen LogP contribution is 2.26. The molecule has 1 aliphatic heterocycles. The molecule has 0 spiro atoms. The summed E-state index contributed by atoms with van der Waals surface area (Å²) in [6, 6.07) is 8.92. The van der Waals surface area contributed by atoms with Gasteiger partial charge in [0.05, 0.1) is 6.04 Å². The second kappa shape index (κ2) is 7.60. The molecule has 0 saturated carbocycles. The quantitative estimate of drug-likeness (QED) is 0.902. The highest BCUT2D eigenvalue weighted by atomic mass is 16.2. The molecule has 3 nitrogen and oxygen atoms in total. The number of hydrogen-bond acceptors (Lipinski definition) is 2. The van der Waals surface area contributed by atoms with Crippen molar-refractivity contribution in [3.8, 4) is 0 Å². The summed E-state index contributed by atoms with van der Waals surface area (Å²) in [6.07, 6.45) is 2.92. The van der Waals surface area contributed by atoms with Gasteiger partial charge in [-0.2, -0.15) is 0 Å². The van der Waals surface area contributed by atoms with Gasteiger partial charge in [0.15, 0.2) is 0 Å². The fourth-order valence-electron chi connectivity index (χ4n) is 3.11. The third-order valence-corrected chi connectivity index (χ3v) is 4.63. The first-order chi connectivity index (χ1) is 10.2. The number of rotatable bonds is 5. The molecule has 1 fully saturated rings. The zero-order chi connectivity index (χ0) is 15.2.